The number of hydrogen-bond acceptors (Lipinski definition) is 2. The summed E-state index contributed by atoms with van der Waals surface area (Å²) in [6, 6.07) is 10.0. The topological polar surface area (TPSA) is 36.7 Å². The lowest BCUT2D eigenvalue weighted by molar-refractivity contribution is 0.433. The largest absolute Gasteiger partial charge is 0.264 e. The third-order valence-electron chi connectivity index (χ3n) is 4.56. The maximum atomic E-state index is 8.92. The average Bonchev–Trinajstić information content (AvgIpc) is 2.53. The molecule has 0 saturated carbocycles. The predicted octanol–water partition coefficient (Wildman–Crippen LogP) is 4.70. The Bertz CT molecular complexity index is 678. The van der Waals surface area contributed by atoms with Crippen LogP contribution >= 0.6 is 0 Å². The van der Waals surface area contributed by atoms with Crippen molar-refractivity contribution in [2.45, 2.75) is 39.0 Å². The molecule has 21 heavy (non-hydrogen) atoms. The minimum Gasteiger partial charge on any atom is -0.264 e. The Morgan fingerprint density at radius 3 is 2.62 bits per heavy atom. The van der Waals surface area contributed by atoms with Gasteiger partial charge < -0.3 is 0 Å². The van der Waals surface area contributed by atoms with E-state index in [2.05, 4.69) is 31.1 Å². The van der Waals surface area contributed by atoms with E-state index in [4.69, 9.17) is 5.26 Å². The molecular formula is C19H20N2. The number of fused-ring (bicyclic) bond motifs is 1. The van der Waals surface area contributed by atoms with Crippen LogP contribution in [0.4, 0.5) is 0 Å². The van der Waals surface area contributed by atoms with E-state index in [-0.39, 0.29) is 0 Å². The van der Waals surface area contributed by atoms with Crippen LogP contribution in [0.1, 0.15) is 49.3 Å². The van der Waals surface area contributed by atoms with Crippen molar-refractivity contribution in [3.05, 3.63) is 53.3 Å². The standard InChI is InChI=1S/C19H20N2/c1-13(2)16-4-3-5-17-18(11-21-12-19(16)17)15-8-6-14(10-20)7-9-15/h6-9,11-13,16H,3-5H2,1-2H3/t16-/m0/s1. The number of aromatic nitrogens is 1. The Hall–Kier alpha value is -2.14. The normalized spacial score (nSPS) is 17.3. The molecule has 1 aromatic carbocycles. The fourth-order valence-corrected chi connectivity index (χ4v) is 3.42. The zero-order chi connectivity index (χ0) is 14.8. The minimum absolute atomic E-state index is 0.625. The molecule has 3 rings (SSSR count). The molecule has 2 nitrogen and oxygen atoms in total. The van der Waals surface area contributed by atoms with Crippen LogP contribution < -0.4 is 0 Å². The van der Waals surface area contributed by atoms with Crippen molar-refractivity contribution >= 4 is 0 Å². The Kier molecular flexibility index (Phi) is 3.75. The predicted molar refractivity (Wildman–Crippen MR) is 84.9 cm³/mol. The molecule has 2 heteroatoms. The molecule has 0 spiro atoms. The first-order valence-electron chi connectivity index (χ1n) is 7.68. The van der Waals surface area contributed by atoms with E-state index >= 15 is 0 Å². The number of nitriles is 1. The van der Waals surface area contributed by atoms with E-state index in [1.807, 2.05) is 30.5 Å². The Morgan fingerprint density at radius 2 is 1.95 bits per heavy atom. The van der Waals surface area contributed by atoms with Gasteiger partial charge in [-0.3, -0.25) is 4.98 Å². The zero-order valence-corrected chi connectivity index (χ0v) is 12.6. The molecule has 1 aliphatic carbocycles. The third-order valence-corrected chi connectivity index (χ3v) is 4.56. The smallest absolute Gasteiger partial charge is 0.0991 e. The van der Waals surface area contributed by atoms with Crippen molar-refractivity contribution < 1.29 is 0 Å². The lowest BCUT2D eigenvalue weighted by atomic mass is 9.76. The molecule has 0 bridgehead atoms. The highest BCUT2D eigenvalue weighted by atomic mass is 14.6. The summed E-state index contributed by atoms with van der Waals surface area (Å²) in [5.74, 6) is 1.28. The quantitative estimate of drug-likeness (QED) is 0.797. The summed E-state index contributed by atoms with van der Waals surface area (Å²) in [4.78, 5) is 4.48. The maximum absolute atomic E-state index is 8.92. The number of benzene rings is 1. The number of pyridine rings is 1. The van der Waals surface area contributed by atoms with Crippen molar-refractivity contribution in [2.24, 2.45) is 5.92 Å². The number of rotatable bonds is 2. The summed E-state index contributed by atoms with van der Waals surface area (Å²) >= 11 is 0. The monoisotopic (exact) mass is 276 g/mol. The molecule has 0 N–H and O–H groups in total. The SMILES string of the molecule is CC(C)[C@@H]1CCCc2c(-c3ccc(C#N)cc3)cncc21. The number of hydrogen-bond donors (Lipinski definition) is 0. The van der Waals surface area contributed by atoms with Gasteiger partial charge >= 0.3 is 0 Å². The Balaban J connectivity index is 2.08. The van der Waals surface area contributed by atoms with E-state index in [9.17, 15) is 0 Å². The second-order valence-corrected chi connectivity index (χ2v) is 6.19. The van der Waals surface area contributed by atoms with E-state index in [0.29, 0.717) is 17.4 Å². The molecule has 2 aromatic rings. The molecule has 0 radical (unpaired) electrons. The van der Waals surface area contributed by atoms with E-state index in [0.717, 1.165) is 6.42 Å². The van der Waals surface area contributed by atoms with Crippen LogP contribution in [0.2, 0.25) is 0 Å². The van der Waals surface area contributed by atoms with E-state index in [1.165, 1.54) is 35.1 Å². The van der Waals surface area contributed by atoms with Gasteiger partial charge in [-0.1, -0.05) is 26.0 Å². The van der Waals surface area contributed by atoms with Crippen molar-refractivity contribution in [3.8, 4) is 17.2 Å². The van der Waals surface area contributed by atoms with Crippen LogP contribution in [-0.2, 0) is 6.42 Å². The van der Waals surface area contributed by atoms with Crippen molar-refractivity contribution in [1.82, 2.24) is 4.98 Å². The van der Waals surface area contributed by atoms with Crippen LogP contribution in [-0.4, -0.2) is 4.98 Å². The molecule has 0 aliphatic heterocycles. The lowest BCUT2D eigenvalue weighted by Crippen LogP contribution is -2.16. The fourth-order valence-electron chi connectivity index (χ4n) is 3.42. The summed E-state index contributed by atoms with van der Waals surface area (Å²) in [5, 5.41) is 8.92. The molecule has 0 fully saturated rings. The van der Waals surface area contributed by atoms with E-state index < -0.39 is 0 Å². The highest BCUT2D eigenvalue weighted by Gasteiger charge is 2.25. The highest BCUT2D eigenvalue weighted by molar-refractivity contribution is 5.69. The zero-order valence-electron chi connectivity index (χ0n) is 12.6. The third kappa shape index (κ3) is 2.56. The second kappa shape index (κ2) is 5.69. The summed E-state index contributed by atoms with van der Waals surface area (Å²) in [6.07, 6.45) is 7.69. The van der Waals surface area contributed by atoms with Gasteiger partial charge in [0.15, 0.2) is 0 Å². The first kappa shape index (κ1) is 13.8. The van der Waals surface area contributed by atoms with Crippen molar-refractivity contribution in [2.75, 3.05) is 0 Å². The van der Waals surface area contributed by atoms with Gasteiger partial charge in [0, 0.05) is 18.0 Å². The van der Waals surface area contributed by atoms with Gasteiger partial charge in [-0.25, -0.2) is 0 Å². The fraction of sp³-hybridized carbons (Fsp3) is 0.368. The van der Waals surface area contributed by atoms with Crippen LogP contribution in [0.15, 0.2) is 36.7 Å². The highest BCUT2D eigenvalue weighted by Crippen LogP contribution is 2.40. The van der Waals surface area contributed by atoms with Crippen molar-refractivity contribution in [1.29, 1.82) is 5.26 Å². The molecular weight excluding hydrogens is 256 g/mol. The van der Waals surface area contributed by atoms with Gasteiger partial charge in [-0.2, -0.15) is 5.26 Å². The van der Waals surface area contributed by atoms with Gasteiger partial charge in [0.2, 0.25) is 0 Å². The van der Waals surface area contributed by atoms with Crippen LogP contribution in [0, 0.1) is 17.2 Å². The van der Waals surface area contributed by atoms with E-state index in [1.54, 1.807) is 0 Å². The summed E-state index contributed by atoms with van der Waals surface area (Å²) < 4.78 is 0. The van der Waals surface area contributed by atoms with Crippen LogP contribution in [0.25, 0.3) is 11.1 Å². The Labute approximate surface area is 126 Å². The van der Waals surface area contributed by atoms with Gasteiger partial charge in [0.25, 0.3) is 0 Å². The molecule has 0 saturated heterocycles. The lowest BCUT2D eigenvalue weighted by Gasteiger charge is -2.29. The van der Waals surface area contributed by atoms with Crippen LogP contribution in [0.3, 0.4) is 0 Å². The molecule has 0 amide bonds. The summed E-state index contributed by atoms with van der Waals surface area (Å²) in [7, 11) is 0. The van der Waals surface area contributed by atoms with Gasteiger partial charge in [0.1, 0.15) is 0 Å². The molecule has 1 aliphatic rings. The maximum Gasteiger partial charge on any atom is 0.0991 e. The van der Waals surface area contributed by atoms with Gasteiger partial charge in [-0.05, 0) is 59.9 Å². The minimum atomic E-state index is 0.625. The molecule has 1 heterocycles. The first-order valence-corrected chi connectivity index (χ1v) is 7.68. The first-order chi connectivity index (χ1) is 10.2. The molecule has 106 valence electrons. The van der Waals surface area contributed by atoms with Crippen LogP contribution in [0.5, 0.6) is 0 Å². The summed E-state index contributed by atoms with van der Waals surface area (Å²) in [6.45, 7) is 4.60. The molecule has 1 atom stereocenters. The average molecular weight is 276 g/mol. The number of nitrogens with zero attached hydrogens (tertiary/aromatic N) is 2. The second-order valence-electron chi connectivity index (χ2n) is 6.19. The Morgan fingerprint density at radius 1 is 1.19 bits per heavy atom. The van der Waals surface area contributed by atoms with Gasteiger partial charge in [0.05, 0.1) is 11.6 Å². The van der Waals surface area contributed by atoms with Gasteiger partial charge in [-0.15, -0.1) is 0 Å². The molecule has 1 aromatic heterocycles. The molecule has 0 unspecified atom stereocenters. The summed E-state index contributed by atoms with van der Waals surface area (Å²) in [5.41, 5.74) is 6.00. The van der Waals surface area contributed by atoms with Crippen molar-refractivity contribution in [3.63, 3.8) is 0 Å².